The Morgan fingerprint density at radius 2 is 1.61 bits per heavy atom. The summed E-state index contributed by atoms with van der Waals surface area (Å²) < 4.78 is 1.83. The molecule has 0 N–H and O–H groups in total. The molecule has 2 aromatic heterocycles. The van der Waals surface area contributed by atoms with Gasteiger partial charge in [-0.15, -0.1) is 0 Å². The molecular formula is C14H10ClN3. The number of benzene rings is 1. The second kappa shape index (κ2) is 4.63. The van der Waals surface area contributed by atoms with Crippen LogP contribution in [-0.2, 0) is 0 Å². The van der Waals surface area contributed by atoms with Crippen LogP contribution < -0.4 is 0 Å². The van der Waals surface area contributed by atoms with Crippen LogP contribution in [0.1, 0.15) is 0 Å². The van der Waals surface area contributed by atoms with Crippen LogP contribution in [0.3, 0.4) is 0 Å². The van der Waals surface area contributed by atoms with Crippen molar-refractivity contribution >= 4 is 11.6 Å². The summed E-state index contributed by atoms with van der Waals surface area (Å²) >= 11 is 5.87. The number of pyridine rings is 1. The van der Waals surface area contributed by atoms with Gasteiger partial charge in [0.2, 0.25) is 0 Å². The number of nitrogens with zero attached hydrogens (tertiary/aromatic N) is 3. The Kier molecular flexibility index (Phi) is 2.82. The maximum absolute atomic E-state index is 5.87. The van der Waals surface area contributed by atoms with Crippen LogP contribution >= 0.6 is 11.6 Å². The minimum Gasteiger partial charge on any atom is -0.265 e. The molecular weight excluding hydrogens is 246 g/mol. The van der Waals surface area contributed by atoms with Crippen LogP contribution in [0, 0.1) is 0 Å². The highest BCUT2D eigenvalue weighted by molar-refractivity contribution is 6.30. The zero-order chi connectivity index (χ0) is 12.4. The maximum atomic E-state index is 5.87. The average molecular weight is 256 g/mol. The van der Waals surface area contributed by atoms with E-state index >= 15 is 0 Å². The lowest BCUT2D eigenvalue weighted by molar-refractivity contribution is 0.878. The van der Waals surface area contributed by atoms with E-state index in [0.717, 1.165) is 21.8 Å². The van der Waals surface area contributed by atoms with Gasteiger partial charge < -0.3 is 0 Å². The molecule has 0 spiro atoms. The van der Waals surface area contributed by atoms with Gasteiger partial charge in [-0.2, -0.15) is 5.10 Å². The molecule has 3 nitrogen and oxygen atoms in total. The molecule has 4 heteroatoms. The first-order valence-electron chi connectivity index (χ1n) is 5.54. The van der Waals surface area contributed by atoms with Gasteiger partial charge in [0.1, 0.15) is 0 Å². The van der Waals surface area contributed by atoms with Crippen LogP contribution in [0.25, 0.3) is 16.8 Å². The van der Waals surface area contributed by atoms with E-state index in [1.807, 2.05) is 53.5 Å². The standard InChI is InChI=1S/C14H10ClN3/c15-13-3-1-11(2-4-13)12-9-17-18(10-12)14-5-7-16-8-6-14/h1-10H. The van der Waals surface area contributed by atoms with E-state index in [1.54, 1.807) is 12.4 Å². The van der Waals surface area contributed by atoms with Crippen molar-refractivity contribution < 1.29 is 0 Å². The SMILES string of the molecule is Clc1ccc(-c2cnn(-c3ccncc3)c2)cc1. The monoisotopic (exact) mass is 255 g/mol. The van der Waals surface area contributed by atoms with E-state index in [0.29, 0.717) is 0 Å². The fourth-order valence-electron chi connectivity index (χ4n) is 1.75. The van der Waals surface area contributed by atoms with E-state index in [4.69, 9.17) is 11.6 Å². The highest BCUT2D eigenvalue weighted by atomic mass is 35.5. The van der Waals surface area contributed by atoms with Crippen molar-refractivity contribution in [1.29, 1.82) is 0 Å². The highest BCUT2D eigenvalue weighted by Crippen LogP contribution is 2.21. The Labute approximate surface area is 110 Å². The van der Waals surface area contributed by atoms with Gasteiger partial charge in [0.05, 0.1) is 11.9 Å². The number of hydrogen-bond acceptors (Lipinski definition) is 2. The smallest absolute Gasteiger partial charge is 0.0676 e. The van der Waals surface area contributed by atoms with E-state index in [2.05, 4.69) is 10.1 Å². The van der Waals surface area contributed by atoms with Gasteiger partial charge in [-0.25, -0.2) is 4.68 Å². The summed E-state index contributed by atoms with van der Waals surface area (Å²) in [6, 6.07) is 11.5. The molecule has 0 fully saturated rings. The van der Waals surface area contributed by atoms with Crippen LogP contribution in [-0.4, -0.2) is 14.8 Å². The van der Waals surface area contributed by atoms with Crippen LogP contribution in [0.4, 0.5) is 0 Å². The van der Waals surface area contributed by atoms with E-state index in [9.17, 15) is 0 Å². The first-order chi connectivity index (χ1) is 8.83. The van der Waals surface area contributed by atoms with Gasteiger partial charge in [-0.05, 0) is 29.8 Å². The lowest BCUT2D eigenvalue weighted by Crippen LogP contribution is -1.93. The molecule has 0 bridgehead atoms. The third-order valence-corrected chi connectivity index (χ3v) is 2.94. The van der Waals surface area contributed by atoms with Gasteiger partial charge in [0.15, 0.2) is 0 Å². The molecule has 3 aromatic rings. The summed E-state index contributed by atoms with van der Waals surface area (Å²) in [5, 5.41) is 5.08. The fourth-order valence-corrected chi connectivity index (χ4v) is 1.88. The second-order valence-corrected chi connectivity index (χ2v) is 4.32. The molecule has 0 saturated carbocycles. The van der Waals surface area contributed by atoms with E-state index < -0.39 is 0 Å². The quantitative estimate of drug-likeness (QED) is 0.701. The van der Waals surface area contributed by atoms with Crippen molar-refractivity contribution in [2.24, 2.45) is 0 Å². The van der Waals surface area contributed by atoms with Crippen molar-refractivity contribution in [2.45, 2.75) is 0 Å². The summed E-state index contributed by atoms with van der Waals surface area (Å²) in [5.74, 6) is 0. The molecule has 2 heterocycles. The maximum Gasteiger partial charge on any atom is 0.0676 e. The van der Waals surface area contributed by atoms with Gasteiger partial charge in [0.25, 0.3) is 0 Å². The van der Waals surface area contributed by atoms with Crippen molar-refractivity contribution in [2.75, 3.05) is 0 Å². The number of halogens is 1. The Balaban J connectivity index is 1.97. The summed E-state index contributed by atoms with van der Waals surface area (Å²) in [4.78, 5) is 3.99. The normalized spacial score (nSPS) is 10.5. The zero-order valence-corrected chi connectivity index (χ0v) is 10.2. The molecule has 3 rings (SSSR count). The topological polar surface area (TPSA) is 30.7 Å². The predicted molar refractivity (Wildman–Crippen MR) is 71.8 cm³/mol. The lowest BCUT2D eigenvalue weighted by Gasteiger charge is -1.99. The van der Waals surface area contributed by atoms with E-state index in [1.165, 1.54) is 0 Å². The van der Waals surface area contributed by atoms with Crippen molar-refractivity contribution in [1.82, 2.24) is 14.8 Å². The van der Waals surface area contributed by atoms with Gasteiger partial charge in [0, 0.05) is 29.2 Å². The Bertz CT molecular complexity index is 644. The Morgan fingerprint density at radius 3 is 2.33 bits per heavy atom. The summed E-state index contributed by atoms with van der Waals surface area (Å²) in [6.07, 6.45) is 7.32. The summed E-state index contributed by atoms with van der Waals surface area (Å²) in [7, 11) is 0. The van der Waals surface area contributed by atoms with Gasteiger partial charge >= 0.3 is 0 Å². The largest absolute Gasteiger partial charge is 0.265 e. The summed E-state index contributed by atoms with van der Waals surface area (Å²) in [5.41, 5.74) is 3.15. The zero-order valence-electron chi connectivity index (χ0n) is 9.49. The lowest BCUT2D eigenvalue weighted by atomic mass is 10.1. The minimum absolute atomic E-state index is 0.736. The summed E-state index contributed by atoms with van der Waals surface area (Å²) in [6.45, 7) is 0. The van der Waals surface area contributed by atoms with Crippen molar-refractivity contribution in [3.05, 3.63) is 66.2 Å². The van der Waals surface area contributed by atoms with Crippen LogP contribution in [0.15, 0.2) is 61.2 Å². The number of hydrogen-bond donors (Lipinski definition) is 0. The van der Waals surface area contributed by atoms with Crippen molar-refractivity contribution in [3.8, 4) is 16.8 Å². The molecule has 0 amide bonds. The Morgan fingerprint density at radius 1 is 0.889 bits per heavy atom. The first-order valence-corrected chi connectivity index (χ1v) is 5.92. The van der Waals surface area contributed by atoms with Crippen molar-refractivity contribution in [3.63, 3.8) is 0 Å². The third kappa shape index (κ3) is 2.13. The van der Waals surface area contributed by atoms with Gasteiger partial charge in [-0.3, -0.25) is 4.98 Å². The molecule has 0 aliphatic rings. The number of rotatable bonds is 2. The predicted octanol–water partition coefficient (Wildman–Crippen LogP) is 3.59. The molecule has 0 atom stereocenters. The minimum atomic E-state index is 0.736. The average Bonchev–Trinajstić information content (AvgIpc) is 2.90. The third-order valence-electron chi connectivity index (χ3n) is 2.69. The van der Waals surface area contributed by atoms with Gasteiger partial charge in [-0.1, -0.05) is 23.7 Å². The first kappa shape index (κ1) is 11.0. The second-order valence-electron chi connectivity index (χ2n) is 3.89. The molecule has 0 saturated heterocycles. The van der Waals surface area contributed by atoms with E-state index in [-0.39, 0.29) is 0 Å². The van der Waals surface area contributed by atoms with Crippen LogP contribution in [0.2, 0.25) is 5.02 Å². The molecule has 0 aliphatic carbocycles. The molecule has 0 aliphatic heterocycles. The van der Waals surface area contributed by atoms with Crippen LogP contribution in [0.5, 0.6) is 0 Å². The number of aromatic nitrogens is 3. The molecule has 88 valence electrons. The molecule has 0 radical (unpaired) electrons. The fraction of sp³-hybridized carbons (Fsp3) is 0. The molecule has 18 heavy (non-hydrogen) atoms. The highest BCUT2D eigenvalue weighted by Gasteiger charge is 2.02. The molecule has 0 unspecified atom stereocenters. The Hall–Kier alpha value is -2.13. The molecule has 1 aromatic carbocycles.